The molecular formula is C15H3BrClF9S. The zero-order chi connectivity index (χ0) is 20.5. The monoisotopic (exact) mass is 500 g/mol. The maximum Gasteiger partial charge on any atom is 0.419 e. The fraction of sp³-hybridized carbons (Fsp3) is 0.200. The van der Waals surface area contributed by atoms with Gasteiger partial charge in [0.1, 0.15) is 0 Å². The minimum Gasteiger partial charge on any atom is -0.166 e. The second-order valence-corrected chi connectivity index (χ2v) is 7.61. The molecule has 0 saturated heterocycles. The van der Waals surface area contributed by atoms with Crippen LogP contribution in [0, 0.1) is 0 Å². The van der Waals surface area contributed by atoms with Crippen molar-refractivity contribution in [2.45, 2.75) is 18.5 Å². The molecule has 0 bridgehead atoms. The van der Waals surface area contributed by atoms with Crippen molar-refractivity contribution in [1.82, 2.24) is 0 Å². The van der Waals surface area contributed by atoms with Crippen LogP contribution in [0.25, 0.3) is 20.2 Å². The SMILES string of the molecule is FC(F)(F)c1cc2c(sc3c(C(F)(F)F)c(Cl)ccc32)c(C(F)(F)F)c1Br. The zero-order valence-corrected chi connectivity index (χ0v) is 15.5. The minimum absolute atomic E-state index is 0.0945. The lowest BCUT2D eigenvalue weighted by molar-refractivity contribution is -0.143. The van der Waals surface area contributed by atoms with E-state index in [0.29, 0.717) is 6.07 Å². The molecule has 0 unspecified atom stereocenters. The summed E-state index contributed by atoms with van der Waals surface area (Å²) in [7, 11) is 0. The first kappa shape index (κ1) is 20.5. The standard InChI is InChI=1S/C15H3BrClF9S/c16-10-6(13(18,19)20)3-5-4-1-2-7(17)8(14(21,22)23)11(4)27-12(5)9(10)15(24,25)26/h1-3H. The molecular weight excluding hydrogens is 499 g/mol. The largest absolute Gasteiger partial charge is 0.419 e. The summed E-state index contributed by atoms with van der Waals surface area (Å²) in [5, 5.41) is -1.74. The molecule has 0 amide bonds. The summed E-state index contributed by atoms with van der Waals surface area (Å²) in [6.45, 7) is 0. The topological polar surface area (TPSA) is 0 Å². The van der Waals surface area contributed by atoms with E-state index in [4.69, 9.17) is 11.6 Å². The number of rotatable bonds is 0. The molecule has 0 radical (unpaired) electrons. The molecule has 0 atom stereocenters. The summed E-state index contributed by atoms with van der Waals surface area (Å²) in [5.74, 6) is 0. The van der Waals surface area contributed by atoms with Crippen molar-refractivity contribution in [2.24, 2.45) is 0 Å². The molecule has 0 aliphatic rings. The fourth-order valence-electron chi connectivity index (χ4n) is 2.65. The molecule has 0 spiro atoms. The second kappa shape index (κ2) is 6.15. The van der Waals surface area contributed by atoms with Gasteiger partial charge in [0.15, 0.2) is 0 Å². The average Bonchev–Trinajstić information content (AvgIpc) is 2.79. The molecule has 12 heteroatoms. The highest BCUT2D eigenvalue weighted by molar-refractivity contribution is 9.10. The van der Waals surface area contributed by atoms with Crippen LogP contribution in [0.15, 0.2) is 22.7 Å². The number of hydrogen-bond acceptors (Lipinski definition) is 1. The van der Waals surface area contributed by atoms with E-state index >= 15 is 0 Å². The number of halogens is 11. The Morgan fingerprint density at radius 1 is 0.741 bits per heavy atom. The van der Waals surface area contributed by atoms with Crippen LogP contribution in [0.1, 0.15) is 16.7 Å². The first-order chi connectivity index (χ1) is 12.1. The van der Waals surface area contributed by atoms with Crippen LogP contribution in [0.3, 0.4) is 0 Å². The van der Waals surface area contributed by atoms with Crippen LogP contribution in [0.5, 0.6) is 0 Å². The Balaban J connectivity index is 2.61. The van der Waals surface area contributed by atoms with E-state index in [2.05, 4.69) is 15.9 Å². The third-order valence-electron chi connectivity index (χ3n) is 3.69. The molecule has 146 valence electrons. The van der Waals surface area contributed by atoms with Crippen molar-refractivity contribution in [3.05, 3.63) is 44.4 Å². The first-order valence-corrected chi connectivity index (χ1v) is 8.71. The van der Waals surface area contributed by atoms with Gasteiger partial charge in [0.2, 0.25) is 0 Å². The highest BCUT2D eigenvalue weighted by Gasteiger charge is 2.43. The zero-order valence-electron chi connectivity index (χ0n) is 12.3. The van der Waals surface area contributed by atoms with Crippen molar-refractivity contribution in [2.75, 3.05) is 0 Å². The predicted octanol–water partition coefficient (Wildman–Crippen LogP) is 8.53. The van der Waals surface area contributed by atoms with Crippen molar-refractivity contribution >= 4 is 59.0 Å². The van der Waals surface area contributed by atoms with Crippen molar-refractivity contribution < 1.29 is 39.5 Å². The first-order valence-electron chi connectivity index (χ1n) is 6.73. The summed E-state index contributed by atoms with van der Waals surface area (Å²) < 4.78 is 117. The summed E-state index contributed by atoms with van der Waals surface area (Å²) in [6.07, 6.45) is -15.4. The van der Waals surface area contributed by atoms with E-state index in [9.17, 15) is 39.5 Å². The quantitative estimate of drug-likeness (QED) is 0.271. The van der Waals surface area contributed by atoms with Gasteiger partial charge in [-0.05, 0) is 28.1 Å². The van der Waals surface area contributed by atoms with E-state index < -0.39 is 64.9 Å². The van der Waals surface area contributed by atoms with Gasteiger partial charge in [-0.2, -0.15) is 39.5 Å². The molecule has 3 rings (SSSR count). The average molecular weight is 502 g/mol. The smallest absolute Gasteiger partial charge is 0.166 e. The van der Waals surface area contributed by atoms with Gasteiger partial charge in [-0.3, -0.25) is 0 Å². The van der Waals surface area contributed by atoms with Gasteiger partial charge in [-0.1, -0.05) is 17.7 Å². The molecule has 0 fully saturated rings. The lowest BCUT2D eigenvalue weighted by atomic mass is 10.0. The summed E-state index contributed by atoms with van der Waals surface area (Å²) >= 11 is 7.97. The van der Waals surface area contributed by atoms with Crippen LogP contribution in [0.4, 0.5) is 39.5 Å². The van der Waals surface area contributed by atoms with E-state index in [1.165, 1.54) is 0 Å². The lowest BCUT2D eigenvalue weighted by Crippen LogP contribution is -2.12. The maximum absolute atomic E-state index is 13.5. The van der Waals surface area contributed by atoms with Gasteiger partial charge >= 0.3 is 18.5 Å². The van der Waals surface area contributed by atoms with Crippen molar-refractivity contribution in [3.8, 4) is 0 Å². The van der Waals surface area contributed by atoms with Gasteiger partial charge in [-0.15, -0.1) is 11.3 Å². The molecule has 0 aliphatic heterocycles. The van der Waals surface area contributed by atoms with E-state index in [0.717, 1.165) is 12.1 Å². The molecule has 1 aromatic heterocycles. The molecule has 3 aromatic rings. The molecule has 0 aliphatic carbocycles. The number of thiophene rings is 1. The third kappa shape index (κ3) is 3.38. The maximum atomic E-state index is 13.5. The highest BCUT2D eigenvalue weighted by Crippen LogP contribution is 2.52. The van der Waals surface area contributed by atoms with Crippen LogP contribution >= 0.6 is 38.9 Å². The Morgan fingerprint density at radius 3 is 1.74 bits per heavy atom. The molecule has 27 heavy (non-hydrogen) atoms. The van der Waals surface area contributed by atoms with Gasteiger partial charge in [0.25, 0.3) is 0 Å². The molecule has 0 saturated carbocycles. The molecule has 0 nitrogen and oxygen atoms in total. The van der Waals surface area contributed by atoms with Gasteiger partial charge in [-0.25, -0.2) is 0 Å². The molecule has 2 aromatic carbocycles. The number of alkyl halides is 9. The Kier molecular flexibility index (Phi) is 4.68. The molecule has 0 N–H and O–H groups in total. The number of fused-ring (bicyclic) bond motifs is 3. The Hall–Kier alpha value is -1.20. The van der Waals surface area contributed by atoms with E-state index in [-0.39, 0.29) is 11.3 Å². The Morgan fingerprint density at radius 2 is 1.26 bits per heavy atom. The Labute approximate surface area is 161 Å². The summed E-state index contributed by atoms with van der Waals surface area (Å²) in [5.41, 5.74) is -4.70. The van der Waals surface area contributed by atoms with Crippen LogP contribution in [0.2, 0.25) is 5.02 Å². The fourth-order valence-corrected chi connectivity index (χ4v) is 5.28. The minimum atomic E-state index is -5.23. The van der Waals surface area contributed by atoms with Crippen LogP contribution in [-0.4, -0.2) is 0 Å². The number of benzene rings is 2. The van der Waals surface area contributed by atoms with E-state index in [1.54, 1.807) is 0 Å². The summed E-state index contributed by atoms with van der Waals surface area (Å²) in [6, 6.07) is 2.17. The van der Waals surface area contributed by atoms with Gasteiger partial charge < -0.3 is 0 Å². The van der Waals surface area contributed by atoms with Crippen molar-refractivity contribution in [3.63, 3.8) is 0 Å². The lowest BCUT2D eigenvalue weighted by Gasteiger charge is -2.16. The van der Waals surface area contributed by atoms with Gasteiger partial charge in [0.05, 0.1) is 21.7 Å². The molecule has 1 heterocycles. The van der Waals surface area contributed by atoms with Crippen LogP contribution in [-0.2, 0) is 18.5 Å². The highest BCUT2D eigenvalue weighted by atomic mass is 79.9. The van der Waals surface area contributed by atoms with Crippen LogP contribution < -0.4 is 0 Å². The normalized spacial score (nSPS) is 13.7. The Bertz CT molecular complexity index is 1060. The second-order valence-electron chi connectivity index (χ2n) is 5.38. The third-order valence-corrected chi connectivity index (χ3v) is 6.08. The summed E-state index contributed by atoms with van der Waals surface area (Å²) in [4.78, 5) is 0. The van der Waals surface area contributed by atoms with Crippen molar-refractivity contribution in [1.29, 1.82) is 0 Å². The predicted molar refractivity (Wildman–Crippen MR) is 87.0 cm³/mol. The van der Waals surface area contributed by atoms with E-state index in [1.807, 2.05) is 0 Å². The van der Waals surface area contributed by atoms with Gasteiger partial charge in [0, 0.05) is 24.6 Å². The number of hydrogen-bond donors (Lipinski definition) is 0.